The van der Waals surface area contributed by atoms with Gasteiger partial charge in [-0.05, 0) is 12.2 Å². The van der Waals surface area contributed by atoms with Crippen molar-refractivity contribution in [3.63, 3.8) is 0 Å². The number of nitrogens with two attached hydrogens (primary N) is 1. The summed E-state index contributed by atoms with van der Waals surface area (Å²) in [7, 11) is 0. The molecule has 0 spiro atoms. The van der Waals surface area contributed by atoms with Crippen LogP contribution in [0.3, 0.4) is 0 Å². The topological polar surface area (TPSA) is 43.1 Å². The zero-order valence-corrected chi connectivity index (χ0v) is 8.43. The summed E-state index contributed by atoms with van der Waals surface area (Å²) in [5.74, 6) is 0.862. The van der Waals surface area contributed by atoms with Gasteiger partial charge >= 0.3 is 0 Å². The average molecular weight is 195 g/mol. The summed E-state index contributed by atoms with van der Waals surface area (Å²) in [5.41, 5.74) is 6.07. The predicted octanol–water partition coefficient (Wildman–Crippen LogP) is 1.48. The molecule has 2 rings (SSSR count). The van der Waals surface area contributed by atoms with Gasteiger partial charge in [-0.1, -0.05) is 25.2 Å². The number of primary amides is 1. The first-order valence-corrected chi connectivity index (χ1v) is 5.49. The highest BCUT2D eigenvalue weighted by molar-refractivity contribution is 8.00. The molecule has 2 nitrogen and oxygen atoms in total. The Bertz CT molecular complexity index is 308. The molecule has 2 unspecified atom stereocenters. The van der Waals surface area contributed by atoms with Crippen LogP contribution in [0.5, 0.6) is 0 Å². The van der Waals surface area contributed by atoms with Crippen molar-refractivity contribution in [1.82, 2.24) is 0 Å². The van der Waals surface area contributed by atoms with Crippen LogP contribution < -0.4 is 5.73 Å². The van der Waals surface area contributed by atoms with Gasteiger partial charge in [0, 0.05) is 16.2 Å². The van der Waals surface area contributed by atoms with Gasteiger partial charge in [-0.3, -0.25) is 4.79 Å². The van der Waals surface area contributed by atoms with Gasteiger partial charge in [0.25, 0.3) is 0 Å². The number of thioether (sulfide) groups is 1. The van der Waals surface area contributed by atoms with E-state index in [1.807, 2.05) is 23.9 Å². The lowest BCUT2D eigenvalue weighted by Crippen LogP contribution is -2.27. The maximum Gasteiger partial charge on any atom is 0.248 e. The average Bonchev–Trinajstić information content (AvgIpc) is 2.44. The third-order valence-corrected chi connectivity index (χ3v) is 4.30. The summed E-state index contributed by atoms with van der Waals surface area (Å²) in [6, 6.07) is 0. The van der Waals surface area contributed by atoms with E-state index < -0.39 is 0 Å². The van der Waals surface area contributed by atoms with Crippen LogP contribution in [0.4, 0.5) is 0 Å². The molecule has 0 aromatic carbocycles. The maximum atomic E-state index is 11.0. The molecule has 1 aliphatic carbocycles. The van der Waals surface area contributed by atoms with Crippen molar-refractivity contribution >= 4 is 17.7 Å². The van der Waals surface area contributed by atoms with Gasteiger partial charge < -0.3 is 5.73 Å². The number of rotatable bonds is 1. The first-order valence-electron chi connectivity index (χ1n) is 4.44. The van der Waals surface area contributed by atoms with Crippen molar-refractivity contribution < 1.29 is 4.79 Å². The van der Waals surface area contributed by atoms with E-state index in [-0.39, 0.29) is 11.3 Å². The fourth-order valence-electron chi connectivity index (χ4n) is 1.92. The van der Waals surface area contributed by atoms with E-state index in [9.17, 15) is 4.79 Å². The van der Waals surface area contributed by atoms with Crippen LogP contribution in [-0.2, 0) is 4.79 Å². The van der Waals surface area contributed by atoms with Gasteiger partial charge in [-0.15, -0.1) is 0 Å². The van der Waals surface area contributed by atoms with Gasteiger partial charge in [0.2, 0.25) is 5.91 Å². The largest absolute Gasteiger partial charge is 0.366 e. The van der Waals surface area contributed by atoms with Crippen LogP contribution in [0.2, 0.25) is 0 Å². The SMILES string of the molecule is CC12C=C(C(N)=O)C=CC1SCC2. The highest BCUT2D eigenvalue weighted by Crippen LogP contribution is 2.47. The van der Waals surface area contributed by atoms with Crippen molar-refractivity contribution in [3.8, 4) is 0 Å². The molecule has 1 saturated heterocycles. The Kier molecular flexibility index (Phi) is 1.99. The molecule has 2 atom stereocenters. The number of carbonyl (C=O) groups excluding carboxylic acids is 1. The summed E-state index contributed by atoms with van der Waals surface area (Å²) >= 11 is 1.96. The van der Waals surface area contributed by atoms with Gasteiger partial charge in [-0.2, -0.15) is 11.8 Å². The standard InChI is InChI=1S/C10H13NOS/c1-10-4-5-13-8(10)3-2-7(6-10)9(11)12/h2-3,6,8H,4-5H2,1H3,(H2,11,12). The van der Waals surface area contributed by atoms with E-state index >= 15 is 0 Å². The first-order chi connectivity index (χ1) is 6.12. The molecule has 2 aliphatic rings. The molecular formula is C10H13NOS. The van der Waals surface area contributed by atoms with Crippen LogP contribution in [0, 0.1) is 5.41 Å². The molecule has 3 heteroatoms. The van der Waals surface area contributed by atoms with Crippen LogP contribution in [0.25, 0.3) is 0 Å². The Morgan fingerprint density at radius 2 is 2.54 bits per heavy atom. The molecule has 1 fully saturated rings. The molecular weight excluding hydrogens is 182 g/mol. The molecule has 0 aromatic heterocycles. The Balaban J connectivity index is 2.33. The summed E-state index contributed by atoms with van der Waals surface area (Å²) in [4.78, 5) is 11.0. The smallest absolute Gasteiger partial charge is 0.248 e. The van der Waals surface area contributed by atoms with E-state index in [1.165, 1.54) is 5.75 Å². The molecule has 13 heavy (non-hydrogen) atoms. The molecule has 70 valence electrons. The van der Waals surface area contributed by atoms with Gasteiger partial charge in [0.1, 0.15) is 0 Å². The molecule has 0 aromatic rings. The molecule has 2 N–H and O–H groups in total. The molecule has 0 bridgehead atoms. The van der Waals surface area contributed by atoms with Gasteiger partial charge in [0.15, 0.2) is 0 Å². The van der Waals surface area contributed by atoms with E-state index in [1.54, 1.807) is 0 Å². The van der Waals surface area contributed by atoms with Crippen molar-refractivity contribution in [2.45, 2.75) is 18.6 Å². The van der Waals surface area contributed by atoms with Crippen LogP contribution in [-0.4, -0.2) is 16.9 Å². The number of hydrogen-bond acceptors (Lipinski definition) is 2. The minimum absolute atomic E-state index is 0.157. The number of fused-ring (bicyclic) bond motifs is 1. The second-order valence-electron chi connectivity index (χ2n) is 3.87. The zero-order valence-electron chi connectivity index (χ0n) is 7.62. The Morgan fingerprint density at radius 1 is 1.77 bits per heavy atom. The number of hydrogen-bond donors (Lipinski definition) is 1. The lowest BCUT2D eigenvalue weighted by molar-refractivity contribution is -0.114. The van der Waals surface area contributed by atoms with Crippen molar-refractivity contribution in [2.75, 3.05) is 5.75 Å². The van der Waals surface area contributed by atoms with Crippen molar-refractivity contribution in [1.29, 1.82) is 0 Å². The van der Waals surface area contributed by atoms with Crippen molar-refractivity contribution in [3.05, 3.63) is 23.8 Å². The highest BCUT2D eigenvalue weighted by atomic mass is 32.2. The molecule has 1 heterocycles. The Labute approximate surface area is 82.3 Å². The third kappa shape index (κ3) is 1.41. The predicted molar refractivity (Wildman–Crippen MR) is 55.4 cm³/mol. The van der Waals surface area contributed by atoms with E-state index in [2.05, 4.69) is 13.0 Å². The highest BCUT2D eigenvalue weighted by Gasteiger charge is 2.38. The third-order valence-electron chi connectivity index (χ3n) is 2.81. The fourth-order valence-corrected chi connectivity index (χ4v) is 3.48. The monoisotopic (exact) mass is 195 g/mol. The van der Waals surface area contributed by atoms with Crippen LogP contribution >= 0.6 is 11.8 Å². The second kappa shape index (κ2) is 2.91. The summed E-state index contributed by atoms with van der Waals surface area (Å²) in [6.07, 6.45) is 7.15. The van der Waals surface area contributed by atoms with E-state index in [0.717, 1.165) is 6.42 Å². The lowest BCUT2D eigenvalue weighted by Gasteiger charge is -2.28. The van der Waals surface area contributed by atoms with Crippen LogP contribution in [0.1, 0.15) is 13.3 Å². The number of carbonyl (C=O) groups is 1. The van der Waals surface area contributed by atoms with E-state index in [0.29, 0.717) is 10.8 Å². The molecule has 0 radical (unpaired) electrons. The maximum absolute atomic E-state index is 11.0. The molecule has 1 amide bonds. The van der Waals surface area contributed by atoms with Crippen LogP contribution in [0.15, 0.2) is 23.8 Å². The summed E-state index contributed by atoms with van der Waals surface area (Å²) in [5, 5.41) is 0.538. The summed E-state index contributed by atoms with van der Waals surface area (Å²) in [6.45, 7) is 2.20. The van der Waals surface area contributed by atoms with Crippen molar-refractivity contribution in [2.24, 2.45) is 11.1 Å². The quantitative estimate of drug-likeness (QED) is 0.688. The first kappa shape index (κ1) is 8.88. The lowest BCUT2D eigenvalue weighted by atomic mass is 9.79. The Hall–Kier alpha value is -0.700. The number of allylic oxidation sites excluding steroid dienone is 1. The minimum atomic E-state index is -0.312. The second-order valence-corrected chi connectivity index (χ2v) is 5.12. The Morgan fingerprint density at radius 3 is 3.23 bits per heavy atom. The summed E-state index contributed by atoms with van der Waals surface area (Å²) < 4.78 is 0. The normalized spacial score (nSPS) is 37.0. The molecule has 0 saturated carbocycles. The molecule has 1 aliphatic heterocycles. The zero-order chi connectivity index (χ0) is 9.47. The van der Waals surface area contributed by atoms with E-state index in [4.69, 9.17) is 5.73 Å². The minimum Gasteiger partial charge on any atom is -0.366 e. The fraction of sp³-hybridized carbons (Fsp3) is 0.500. The van der Waals surface area contributed by atoms with Gasteiger partial charge in [-0.25, -0.2) is 0 Å². The van der Waals surface area contributed by atoms with Gasteiger partial charge in [0.05, 0.1) is 0 Å². The number of amides is 1.